The van der Waals surface area contributed by atoms with E-state index in [9.17, 15) is 13.2 Å². The fraction of sp³-hybridized carbons (Fsp3) is 0.273. The number of alkyl halides is 3. The number of halogens is 3. The van der Waals surface area contributed by atoms with E-state index in [2.05, 4.69) is 35.8 Å². The van der Waals surface area contributed by atoms with E-state index < -0.39 is 11.7 Å². The van der Waals surface area contributed by atoms with Gasteiger partial charge in [-0.3, -0.25) is 4.68 Å². The smallest absolute Gasteiger partial charge is 0.337 e. The van der Waals surface area contributed by atoms with E-state index in [1.54, 1.807) is 28.9 Å². The van der Waals surface area contributed by atoms with Gasteiger partial charge < -0.3 is 4.98 Å². The van der Waals surface area contributed by atoms with Crippen LogP contribution in [0.15, 0.2) is 48.5 Å². The summed E-state index contributed by atoms with van der Waals surface area (Å²) < 4.78 is 41.9. The summed E-state index contributed by atoms with van der Waals surface area (Å²) in [6, 6.07) is 12.7. The van der Waals surface area contributed by atoms with Crippen LogP contribution < -0.4 is 0 Å². The zero-order chi connectivity index (χ0) is 21.0. The normalized spacial score (nSPS) is 12.7. The summed E-state index contributed by atoms with van der Waals surface area (Å²) in [5.74, 6) is 0.631. The number of hydrogen-bond acceptors (Lipinski definition) is 2. The van der Waals surface area contributed by atoms with Crippen molar-refractivity contribution in [3.63, 3.8) is 0 Å². The Morgan fingerprint density at radius 2 is 1.69 bits per heavy atom. The maximum atomic E-state index is 13.4. The molecule has 0 atom stereocenters. The zero-order valence-corrected chi connectivity index (χ0v) is 16.6. The maximum absolute atomic E-state index is 13.4. The van der Waals surface area contributed by atoms with E-state index in [1.807, 2.05) is 13.1 Å². The number of benzene rings is 2. The van der Waals surface area contributed by atoms with Gasteiger partial charge in [-0.25, -0.2) is 4.98 Å². The van der Waals surface area contributed by atoms with Crippen molar-refractivity contribution in [1.29, 1.82) is 0 Å². The molecule has 0 radical (unpaired) electrons. The largest absolute Gasteiger partial charge is 0.417 e. The van der Waals surface area contributed by atoms with Crippen LogP contribution in [0.2, 0.25) is 0 Å². The van der Waals surface area contributed by atoms with Crippen molar-refractivity contribution in [1.82, 2.24) is 19.7 Å². The minimum absolute atomic E-state index is 0.101. The van der Waals surface area contributed by atoms with Gasteiger partial charge in [0.15, 0.2) is 5.82 Å². The molecule has 0 aliphatic rings. The molecular weight excluding hydrogens is 377 g/mol. The number of rotatable bonds is 2. The zero-order valence-electron chi connectivity index (χ0n) is 16.6. The first kappa shape index (κ1) is 19.2. The summed E-state index contributed by atoms with van der Waals surface area (Å²) in [5.41, 5.74) is 2.98. The van der Waals surface area contributed by atoms with Crippen molar-refractivity contribution in [3.8, 4) is 22.6 Å². The fourth-order valence-corrected chi connectivity index (χ4v) is 3.33. The Morgan fingerprint density at radius 3 is 2.34 bits per heavy atom. The van der Waals surface area contributed by atoms with Crippen LogP contribution in [0.3, 0.4) is 0 Å². The Kier molecular flexibility index (Phi) is 4.29. The molecule has 0 spiro atoms. The summed E-state index contributed by atoms with van der Waals surface area (Å²) in [7, 11) is 1.85. The summed E-state index contributed by atoms with van der Waals surface area (Å²) in [4.78, 5) is 7.87. The minimum atomic E-state index is -4.42. The van der Waals surface area contributed by atoms with Crippen LogP contribution in [0.1, 0.15) is 32.0 Å². The van der Waals surface area contributed by atoms with Crippen LogP contribution in [0.5, 0.6) is 0 Å². The van der Waals surface area contributed by atoms with Gasteiger partial charge in [-0.15, -0.1) is 0 Å². The first-order valence-corrected chi connectivity index (χ1v) is 9.25. The van der Waals surface area contributed by atoms with Crippen molar-refractivity contribution in [3.05, 3.63) is 59.8 Å². The quantitative estimate of drug-likeness (QED) is 0.454. The third-order valence-electron chi connectivity index (χ3n) is 4.92. The molecule has 0 saturated carbocycles. The second kappa shape index (κ2) is 6.47. The molecule has 2 aromatic carbocycles. The van der Waals surface area contributed by atoms with Gasteiger partial charge >= 0.3 is 6.18 Å². The average Bonchev–Trinajstić information content (AvgIpc) is 3.23. The molecule has 0 fully saturated rings. The van der Waals surface area contributed by atoms with E-state index in [0.29, 0.717) is 16.9 Å². The number of aromatic amines is 1. The number of nitrogens with one attached hydrogen (secondary N) is 1. The Bertz CT molecular complexity index is 1190. The van der Waals surface area contributed by atoms with E-state index in [-0.39, 0.29) is 11.0 Å². The van der Waals surface area contributed by atoms with Crippen molar-refractivity contribution < 1.29 is 13.2 Å². The predicted molar refractivity (Wildman–Crippen MR) is 107 cm³/mol. The first-order valence-electron chi connectivity index (χ1n) is 9.25. The number of H-pyrrole nitrogens is 1. The van der Waals surface area contributed by atoms with Crippen LogP contribution in [0.4, 0.5) is 13.2 Å². The molecule has 0 aliphatic heterocycles. The Hall–Kier alpha value is -3.09. The van der Waals surface area contributed by atoms with E-state index >= 15 is 0 Å². The van der Waals surface area contributed by atoms with Gasteiger partial charge in [0.1, 0.15) is 5.69 Å². The van der Waals surface area contributed by atoms with Crippen molar-refractivity contribution in [2.24, 2.45) is 7.05 Å². The number of hydrogen-bond donors (Lipinski definition) is 1. The van der Waals surface area contributed by atoms with Crippen molar-refractivity contribution >= 4 is 11.0 Å². The number of imidazole rings is 1. The van der Waals surface area contributed by atoms with Crippen LogP contribution in [-0.4, -0.2) is 19.7 Å². The maximum Gasteiger partial charge on any atom is 0.417 e. The van der Waals surface area contributed by atoms with Crippen LogP contribution in [0, 0.1) is 0 Å². The molecule has 1 N–H and O–H groups in total. The third-order valence-corrected chi connectivity index (χ3v) is 4.92. The molecule has 0 unspecified atom stereocenters. The van der Waals surface area contributed by atoms with Gasteiger partial charge in [-0.05, 0) is 35.4 Å². The second-order valence-electron chi connectivity index (χ2n) is 8.15. The lowest BCUT2D eigenvalue weighted by atomic mass is 9.92. The summed E-state index contributed by atoms with van der Waals surface area (Å²) in [6.07, 6.45) is -4.42. The Morgan fingerprint density at radius 1 is 0.966 bits per heavy atom. The van der Waals surface area contributed by atoms with Gasteiger partial charge in [-0.2, -0.15) is 18.3 Å². The fourth-order valence-electron chi connectivity index (χ4n) is 3.33. The second-order valence-corrected chi connectivity index (χ2v) is 8.15. The van der Waals surface area contributed by atoms with E-state index in [1.165, 1.54) is 12.1 Å². The number of aromatic nitrogens is 4. The topological polar surface area (TPSA) is 46.5 Å². The summed E-state index contributed by atoms with van der Waals surface area (Å²) >= 11 is 0. The molecule has 150 valence electrons. The van der Waals surface area contributed by atoms with Crippen LogP contribution in [-0.2, 0) is 18.6 Å². The monoisotopic (exact) mass is 398 g/mol. The molecule has 0 amide bonds. The highest BCUT2D eigenvalue weighted by Crippen LogP contribution is 2.37. The molecule has 2 aromatic heterocycles. The van der Waals surface area contributed by atoms with Crippen molar-refractivity contribution in [2.75, 3.05) is 0 Å². The molecule has 4 rings (SSSR count). The van der Waals surface area contributed by atoms with E-state index in [0.717, 1.165) is 23.0 Å². The molecular formula is C22H21F3N4. The Balaban J connectivity index is 1.80. The standard InChI is InChI=1S/C22H21F3N4/c1-21(2,3)19-12-18(29(4)28-19)20-26-16-10-9-13(11-17(16)27-20)14-7-5-6-8-15(14)22(23,24)25/h5-12H,1-4H3,(H,26,27). The molecule has 0 aliphatic carbocycles. The SMILES string of the molecule is Cn1nc(C(C)(C)C)cc1-c1nc2cc(-c3ccccc3C(F)(F)F)ccc2[nH]1. The van der Waals surface area contributed by atoms with E-state index in [4.69, 9.17) is 0 Å². The Labute approximate surface area is 166 Å². The molecule has 2 heterocycles. The number of nitrogens with zero attached hydrogens (tertiary/aromatic N) is 3. The van der Waals surface area contributed by atoms with Gasteiger partial charge in [0, 0.05) is 12.5 Å². The highest BCUT2D eigenvalue weighted by molar-refractivity contribution is 5.85. The lowest BCUT2D eigenvalue weighted by Crippen LogP contribution is -2.12. The molecule has 7 heteroatoms. The summed E-state index contributed by atoms with van der Waals surface area (Å²) in [5, 5.41) is 4.56. The van der Waals surface area contributed by atoms with Crippen LogP contribution >= 0.6 is 0 Å². The van der Waals surface area contributed by atoms with Gasteiger partial charge in [0.25, 0.3) is 0 Å². The van der Waals surface area contributed by atoms with Gasteiger partial charge in [0.2, 0.25) is 0 Å². The lowest BCUT2D eigenvalue weighted by molar-refractivity contribution is -0.137. The van der Waals surface area contributed by atoms with Crippen molar-refractivity contribution in [2.45, 2.75) is 32.4 Å². The molecule has 4 nitrogen and oxygen atoms in total. The third kappa shape index (κ3) is 3.52. The molecule has 4 aromatic rings. The number of fused-ring (bicyclic) bond motifs is 1. The van der Waals surface area contributed by atoms with Crippen LogP contribution in [0.25, 0.3) is 33.7 Å². The minimum Gasteiger partial charge on any atom is -0.337 e. The predicted octanol–water partition coefficient (Wildman–Crippen LogP) is 5.95. The van der Waals surface area contributed by atoms with Gasteiger partial charge in [-0.1, -0.05) is 45.0 Å². The molecule has 0 bridgehead atoms. The lowest BCUT2D eigenvalue weighted by Gasteiger charge is -2.13. The first-order chi connectivity index (χ1) is 13.5. The molecule has 29 heavy (non-hydrogen) atoms. The molecule has 0 saturated heterocycles. The highest BCUT2D eigenvalue weighted by Gasteiger charge is 2.33. The number of aryl methyl sites for hydroxylation is 1. The average molecular weight is 398 g/mol. The van der Waals surface area contributed by atoms with Gasteiger partial charge in [0.05, 0.1) is 22.3 Å². The summed E-state index contributed by atoms with van der Waals surface area (Å²) in [6.45, 7) is 6.26. The highest BCUT2D eigenvalue weighted by atomic mass is 19.4.